The topological polar surface area (TPSA) is 83.0 Å². The van der Waals surface area contributed by atoms with E-state index in [-0.39, 0.29) is 17.5 Å². The van der Waals surface area contributed by atoms with Gasteiger partial charge in [-0.1, -0.05) is 30.3 Å². The minimum Gasteiger partial charge on any atom is -0.378 e. The summed E-state index contributed by atoms with van der Waals surface area (Å²) in [5.74, 6) is 0.486. The number of nitrogens with zero attached hydrogens (tertiary/aromatic N) is 3. The van der Waals surface area contributed by atoms with Gasteiger partial charge in [0.1, 0.15) is 5.82 Å². The lowest BCUT2D eigenvalue weighted by atomic mass is 9.91. The number of imidazole rings is 1. The first-order valence-electron chi connectivity index (χ1n) is 10.1. The van der Waals surface area contributed by atoms with Gasteiger partial charge in [0.15, 0.2) is 5.03 Å². The summed E-state index contributed by atoms with van der Waals surface area (Å²) < 4.78 is 30.3. The Morgan fingerprint density at radius 2 is 1.84 bits per heavy atom. The Hall–Kier alpha value is -3.10. The molecule has 7 nitrogen and oxygen atoms in total. The fourth-order valence-corrected chi connectivity index (χ4v) is 4.80. The molecule has 0 radical (unpaired) electrons. The van der Waals surface area contributed by atoms with E-state index in [9.17, 15) is 8.42 Å². The standard InChI is InChI=1S/C23H27N5O2S/c1-16-26-23(15-28(16)4)31(29,30)25-14-20(17-9-11-18(12-10-17)27(2)3)21-13-24-22-8-6-5-7-19(21)22/h5-13,15,20,24-25H,14H2,1-4H3. The van der Waals surface area contributed by atoms with Crippen LogP contribution in [0.1, 0.15) is 22.9 Å². The maximum atomic E-state index is 12.9. The van der Waals surface area contributed by atoms with Crippen LogP contribution in [0.2, 0.25) is 0 Å². The molecule has 0 aliphatic carbocycles. The highest BCUT2D eigenvalue weighted by Gasteiger charge is 2.24. The molecule has 4 rings (SSSR count). The van der Waals surface area contributed by atoms with Crippen molar-refractivity contribution in [3.63, 3.8) is 0 Å². The van der Waals surface area contributed by atoms with Crippen LogP contribution < -0.4 is 9.62 Å². The third-order valence-corrected chi connectivity index (χ3v) is 6.94. The van der Waals surface area contributed by atoms with E-state index in [0.717, 1.165) is 27.7 Å². The molecular formula is C23H27N5O2S. The first-order chi connectivity index (χ1) is 14.8. The zero-order valence-electron chi connectivity index (χ0n) is 18.1. The number of para-hydroxylation sites is 1. The van der Waals surface area contributed by atoms with E-state index < -0.39 is 10.0 Å². The summed E-state index contributed by atoms with van der Waals surface area (Å²) in [6.07, 6.45) is 3.50. The van der Waals surface area contributed by atoms with Crippen molar-refractivity contribution in [2.75, 3.05) is 25.5 Å². The summed E-state index contributed by atoms with van der Waals surface area (Å²) in [5.41, 5.74) is 4.20. The Bertz CT molecular complexity index is 1280. The second-order valence-corrected chi connectivity index (χ2v) is 9.63. The third-order valence-electron chi connectivity index (χ3n) is 5.65. The fraction of sp³-hybridized carbons (Fsp3) is 0.261. The molecule has 2 heterocycles. The van der Waals surface area contributed by atoms with Crippen molar-refractivity contribution in [2.24, 2.45) is 7.05 Å². The molecule has 1 unspecified atom stereocenters. The van der Waals surface area contributed by atoms with Gasteiger partial charge in [-0.3, -0.25) is 0 Å². The third kappa shape index (κ3) is 4.22. The van der Waals surface area contributed by atoms with Crippen LogP contribution in [0.4, 0.5) is 5.69 Å². The molecule has 0 aliphatic rings. The van der Waals surface area contributed by atoms with E-state index in [2.05, 4.69) is 32.9 Å². The van der Waals surface area contributed by atoms with Gasteiger partial charge in [0.2, 0.25) is 0 Å². The van der Waals surface area contributed by atoms with E-state index in [4.69, 9.17) is 0 Å². The lowest BCUT2D eigenvalue weighted by Crippen LogP contribution is -2.29. The second kappa shape index (κ2) is 8.20. The number of rotatable bonds is 7. The number of anilines is 1. The monoisotopic (exact) mass is 437 g/mol. The van der Waals surface area contributed by atoms with E-state index >= 15 is 0 Å². The smallest absolute Gasteiger partial charge is 0.259 e. The number of hydrogen-bond acceptors (Lipinski definition) is 4. The van der Waals surface area contributed by atoms with Crippen molar-refractivity contribution >= 4 is 26.6 Å². The maximum absolute atomic E-state index is 12.9. The minimum atomic E-state index is -3.73. The van der Waals surface area contributed by atoms with Crippen LogP contribution in [0, 0.1) is 6.92 Å². The van der Waals surface area contributed by atoms with Gasteiger partial charge in [0.05, 0.1) is 0 Å². The molecule has 0 saturated heterocycles. The van der Waals surface area contributed by atoms with Crippen molar-refractivity contribution in [3.05, 3.63) is 77.9 Å². The van der Waals surface area contributed by atoms with Crippen LogP contribution in [0.5, 0.6) is 0 Å². The minimum absolute atomic E-state index is 0.0353. The number of H-pyrrole nitrogens is 1. The molecule has 162 valence electrons. The molecule has 4 aromatic rings. The van der Waals surface area contributed by atoms with E-state index in [0.29, 0.717) is 5.82 Å². The zero-order valence-corrected chi connectivity index (χ0v) is 18.9. The lowest BCUT2D eigenvalue weighted by Gasteiger charge is -2.19. The average Bonchev–Trinajstić information content (AvgIpc) is 3.32. The van der Waals surface area contributed by atoms with Crippen molar-refractivity contribution in [2.45, 2.75) is 17.9 Å². The molecule has 2 aromatic heterocycles. The van der Waals surface area contributed by atoms with Gasteiger partial charge in [-0.2, -0.15) is 0 Å². The van der Waals surface area contributed by atoms with Crippen LogP contribution in [-0.4, -0.2) is 43.6 Å². The highest BCUT2D eigenvalue weighted by molar-refractivity contribution is 7.89. The summed E-state index contributed by atoms with van der Waals surface area (Å²) in [6.45, 7) is 2.00. The Morgan fingerprint density at radius 3 is 2.48 bits per heavy atom. The number of aromatic amines is 1. The molecule has 0 bridgehead atoms. The summed E-state index contributed by atoms with van der Waals surface area (Å²) in [5, 5.41) is 1.12. The molecular weight excluding hydrogens is 410 g/mol. The van der Waals surface area contributed by atoms with Crippen molar-refractivity contribution in [1.29, 1.82) is 0 Å². The highest BCUT2D eigenvalue weighted by Crippen LogP contribution is 2.31. The predicted octanol–water partition coefficient (Wildman–Crippen LogP) is 3.39. The molecule has 0 spiro atoms. The van der Waals surface area contributed by atoms with Crippen molar-refractivity contribution in [3.8, 4) is 0 Å². The van der Waals surface area contributed by atoms with Crippen molar-refractivity contribution < 1.29 is 8.42 Å². The maximum Gasteiger partial charge on any atom is 0.259 e. The van der Waals surface area contributed by atoms with Gasteiger partial charge in [-0.25, -0.2) is 18.1 Å². The first-order valence-corrected chi connectivity index (χ1v) is 11.6. The van der Waals surface area contributed by atoms with Gasteiger partial charge >= 0.3 is 0 Å². The van der Waals surface area contributed by atoms with Crippen LogP contribution in [-0.2, 0) is 17.1 Å². The van der Waals surface area contributed by atoms with Gasteiger partial charge in [0.25, 0.3) is 10.0 Å². The Kier molecular flexibility index (Phi) is 5.60. The van der Waals surface area contributed by atoms with E-state index in [1.165, 1.54) is 6.20 Å². The molecule has 0 aliphatic heterocycles. The van der Waals surface area contributed by atoms with Crippen LogP contribution in [0.15, 0.2) is 66.0 Å². The predicted molar refractivity (Wildman–Crippen MR) is 124 cm³/mol. The molecule has 0 fully saturated rings. The van der Waals surface area contributed by atoms with E-state index in [1.807, 2.05) is 55.5 Å². The number of nitrogens with one attached hydrogen (secondary N) is 2. The molecule has 8 heteroatoms. The second-order valence-electron chi connectivity index (χ2n) is 7.92. The van der Waals surface area contributed by atoms with Crippen LogP contribution in [0.3, 0.4) is 0 Å². The number of aromatic nitrogens is 3. The summed E-state index contributed by atoms with van der Waals surface area (Å²) in [6, 6.07) is 16.3. The van der Waals surface area contributed by atoms with Crippen molar-refractivity contribution in [1.82, 2.24) is 19.3 Å². The highest BCUT2D eigenvalue weighted by atomic mass is 32.2. The summed E-state index contributed by atoms with van der Waals surface area (Å²) in [7, 11) is 2.04. The molecule has 1 atom stereocenters. The zero-order chi connectivity index (χ0) is 22.2. The number of hydrogen-bond donors (Lipinski definition) is 2. The SMILES string of the molecule is Cc1nc(S(=O)(=O)NCC(c2ccc(N(C)C)cc2)c2c[nH]c3ccccc23)cn1C. The molecule has 0 saturated carbocycles. The first kappa shape index (κ1) is 21.1. The Balaban J connectivity index is 1.70. The largest absolute Gasteiger partial charge is 0.378 e. The molecule has 0 amide bonds. The van der Waals surface area contributed by atoms with Gasteiger partial charge < -0.3 is 14.5 Å². The number of sulfonamides is 1. The molecule has 2 N–H and O–H groups in total. The lowest BCUT2D eigenvalue weighted by molar-refractivity contribution is 0.574. The normalized spacial score (nSPS) is 12.9. The fourth-order valence-electron chi connectivity index (χ4n) is 3.72. The number of fused-ring (bicyclic) bond motifs is 1. The van der Waals surface area contributed by atoms with Gasteiger partial charge in [-0.05, 0) is 36.2 Å². The average molecular weight is 438 g/mol. The van der Waals surface area contributed by atoms with Crippen LogP contribution >= 0.6 is 0 Å². The molecule has 2 aromatic carbocycles. The van der Waals surface area contributed by atoms with Gasteiger partial charge in [-0.15, -0.1) is 0 Å². The van der Waals surface area contributed by atoms with Gasteiger partial charge in [0, 0.05) is 62.6 Å². The number of benzene rings is 2. The molecule has 31 heavy (non-hydrogen) atoms. The summed E-state index contributed by atoms with van der Waals surface area (Å²) >= 11 is 0. The Morgan fingerprint density at radius 1 is 1.13 bits per heavy atom. The Labute approximate surface area is 182 Å². The van der Waals surface area contributed by atoms with E-state index in [1.54, 1.807) is 18.5 Å². The summed E-state index contributed by atoms with van der Waals surface area (Å²) in [4.78, 5) is 9.52. The quantitative estimate of drug-likeness (QED) is 0.464. The number of aryl methyl sites for hydroxylation is 2. The van der Waals surface area contributed by atoms with Crippen LogP contribution in [0.25, 0.3) is 10.9 Å².